The number of likely N-dealkylation sites (N-methyl/N-ethyl adjacent to an activating group) is 1. The van der Waals surface area contributed by atoms with E-state index in [4.69, 9.17) is 0 Å². The Morgan fingerprint density at radius 3 is 2.54 bits per heavy atom. The zero-order valence-corrected chi connectivity index (χ0v) is 14.3. The minimum Gasteiger partial charge on any atom is -0.351 e. The van der Waals surface area contributed by atoms with E-state index in [9.17, 15) is 4.79 Å². The third-order valence-electron chi connectivity index (χ3n) is 4.94. The van der Waals surface area contributed by atoms with Gasteiger partial charge in [0.15, 0.2) is 5.82 Å². The second-order valence-electron chi connectivity index (χ2n) is 6.86. The summed E-state index contributed by atoms with van der Waals surface area (Å²) in [5.74, 6) is 1.53. The quantitative estimate of drug-likeness (QED) is 0.848. The Labute approximate surface area is 141 Å². The van der Waals surface area contributed by atoms with Crippen LogP contribution in [0, 0.1) is 6.92 Å². The molecule has 0 bridgehead atoms. The molecule has 7 heteroatoms. The second kappa shape index (κ2) is 5.58. The minimum atomic E-state index is 0.0120. The molecule has 0 spiro atoms. The number of hydrogen-bond donors (Lipinski definition) is 0. The molecule has 3 heterocycles. The van der Waals surface area contributed by atoms with E-state index in [-0.39, 0.29) is 11.9 Å². The molecule has 0 atom stereocenters. The van der Waals surface area contributed by atoms with Crippen molar-refractivity contribution in [1.82, 2.24) is 24.9 Å². The largest absolute Gasteiger partial charge is 0.351 e. The highest BCUT2D eigenvalue weighted by molar-refractivity contribution is 5.93. The fraction of sp³-hybridized carbons (Fsp3) is 0.529. The van der Waals surface area contributed by atoms with Crippen LogP contribution in [0.25, 0.3) is 0 Å². The normalized spacial score (nSPS) is 17.7. The summed E-state index contributed by atoms with van der Waals surface area (Å²) in [6, 6.07) is 6.15. The van der Waals surface area contributed by atoms with Crippen molar-refractivity contribution in [2.45, 2.75) is 31.7 Å². The Bertz CT molecular complexity index is 758. The predicted molar refractivity (Wildman–Crippen MR) is 90.0 cm³/mol. The van der Waals surface area contributed by atoms with Gasteiger partial charge in [0, 0.05) is 33.1 Å². The van der Waals surface area contributed by atoms with Gasteiger partial charge in [-0.3, -0.25) is 9.48 Å². The van der Waals surface area contributed by atoms with E-state index in [1.165, 1.54) is 12.8 Å². The molecule has 126 valence electrons. The first-order chi connectivity index (χ1) is 11.5. The Morgan fingerprint density at radius 1 is 1.25 bits per heavy atom. The maximum atomic E-state index is 12.6. The maximum absolute atomic E-state index is 12.6. The number of nitrogens with zero attached hydrogens (tertiary/aromatic N) is 6. The van der Waals surface area contributed by atoms with Crippen LogP contribution < -0.4 is 4.90 Å². The Kier molecular flexibility index (Phi) is 3.51. The molecule has 24 heavy (non-hydrogen) atoms. The van der Waals surface area contributed by atoms with Crippen LogP contribution >= 0.6 is 0 Å². The van der Waals surface area contributed by atoms with Crippen molar-refractivity contribution in [3.8, 4) is 0 Å². The summed E-state index contributed by atoms with van der Waals surface area (Å²) < 4.78 is 1.65. The summed E-state index contributed by atoms with van der Waals surface area (Å²) in [7, 11) is 3.66. The molecule has 0 unspecified atom stereocenters. The first-order valence-electron chi connectivity index (χ1n) is 8.39. The van der Waals surface area contributed by atoms with Gasteiger partial charge < -0.3 is 9.80 Å². The SMILES string of the molecule is Cc1cc(C(=O)N(C)C2CN(c3ccc(C4CC4)nn3)C2)n(C)n1. The number of aromatic nitrogens is 4. The van der Waals surface area contributed by atoms with Crippen LogP contribution in [-0.4, -0.2) is 57.0 Å². The van der Waals surface area contributed by atoms with Gasteiger partial charge >= 0.3 is 0 Å². The fourth-order valence-corrected chi connectivity index (χ4v) is 3.15. The van der Waals surface area contributed by atoms with Crippen LogP contribution in [0.3, 0.4) is 0 Å². The summed E-state index contributed by atoms with van der Waals surface area (Å²) in [6.45, 7) is 3.47. The maximum Gasteiger partial charge on any atom is 0.272 e. The van der Waals surface area contributed by atoms with Crippen molar-refractivity contribution in [1.29, 1.82) is 0 Å². The molecule has 1 saturated carbocycles. The lowest BCUT2D eigenvalue weighted by molar-refractivity contribution is 0.0694. The standard InChI is InChI=1S/C17H22N6O/c1-11-8-15(22(3)20-11)17(24)21(2)13-9-23(10-13)16-7-6-14(18-19-16)12-4-5-12/h6-8,12-13H,4-5,9-10H2,1-3H3. The molecule has 2 aromatic heterocycles. The molecule has 1 amide bonds. The summed E-state index contributed by atoms with van der Waals surface area (Å²) >= 11 is 0. The molecule has 7 nitrogen and oxygen atoms in total. The summed E-state index contributed by atoms with van der Waals surface area (Å²) in [5.41, 5.74) is 2.59. The summed E-state index contributed by atoms with van der Waals surface area (Å²) in [4.78, 5) is 16.6. The van der Waals surface area contributed by atoms with Crippen LogP contribution in [0.5, 0.6) is 0 Å². The smallest absolute Gasteiger partial charge is 0.272 e. The van der Waals surface area contributed by atoms with Gasteiger partial charge in [-0.2, -0.15) is 10.2 Å². The van der Waals surface area contributed by atoms with Gasteiger partial charge in [-0.25, -0.2) is 0 Å². The zero-order valence-electron chi connectivity index (χ0n) is 14.3. The lowest BCUT2D eigenvalue weighted by Crippen LogP contribution is -2.60. The van der Waals surface area contributed by atoms with Gasteiger partial charge in [0.2, 0.25) is 0 Å². The first kappa shape index (κ1) is 15.1. The van der Waals surface area contributed by atoms with Crippen molar-refractivity contribution in [3.63, 3.8) is 0 Å². The molecule has 2 fully saturated rings. The average molecular weight is 326 g/mol. The molecule has 1 aliphatic heterocycles. The van der Waals surface area contributed by atoms with Gasteiger partial charge in [0.25, 0.3) is 5.91 Å². The highest BCUT2D eigenvalue weighted by Crippen LogP contribution is 2.38. The van der Waals surface area contributed by atoms with Crippen LogP contribution in [0.4, 0.5) is 5.82 Å². The highest BCUT2D eigenvalue weighted by atomic mass is 16.2. The summed E-state index contributed by atoms with van der Waals surface area (Å²) in [5, 5.41) is 12.9. The Morgan fingerprint density at radius 2 is 2.00 bits per heavy atom. The molecule has 4 rings (SSSR count). The molecular formula is C17H22N6O. The van der Waals surface area contributed by atoms with E-state index in [0.717, 1.165) is 30.3 Å². The monoisotopic (exact) mass is 326 g/mol. The number of amides is 1. The molecule has 1 saturated heterocycles. The Hall–Kier alpha value is -2.44. The third-order valence-corrected chi connectivity index (χ3v) is 4.94. The van der Waals surface area contributed by atoms with Crippen molar-refractivity contribution in [2.75, 3.05) is 25.0 Å². The van der Waals surface area contributed by atoms with Crippen molar-refractivity contribution in [2.24, 2.45) is 7.05 Å². The lowest BCUT2D eigenvalue weighted by atomic mass is 10.1. The van der Waals surface area contributed by atoms with Gasteiger partial charge in [0.1, 0.15) is 5.69 Å². The van der Waals surface area contributed by atoms with E-state index in [2.05, 4.69) is 26.3 Å². The van der Waals surface area contributed by atoms with Crippen LogP contribution in [-0.2, 0) is 7.05 Å². The minimum absolute atomic E-state index is 0.0120. The number of hydrogen-bond acceptors (Lipinski definition) is 5. The number of anilines is 1. The number of aryl methyl sites for hydroxylation is 2. The highest BCUT2D eigenvalue weighted by Gasteiger charge is 2.35. The molecule has 1 aliphatic carbocycles. The first-order valence-corrected chi connectivity index (χ1v) is 8.39. The van der Waals surface area contributed by atoms with Crippen LogP contribution in [0.2, 0.25) is 0 Å². The number of carbonyl (C=O) groups is 1. The zero-order chi connectivity index (χ0) is 16.8. The molecule has 2 aromatic rings. The Balaban J connectivity index is 1.37. The number of carbonyl (C=O) groups excluding carboxylic acids is 1. The topological polar surface area (TPSA) is 67.2 Å². The second-order valence-corrected chi connectivity index (χ2v) is 6.86. The number of rotatable bonds is 4. The van der Waals surface area contributed by atoms with E-state index in [1.807, 2.05) is 26.1 Å². The van der Waals surface area contributed by atoms with Gasteiger partial charge in [0.05, 0.1) is 17.4 Å². The van der Waals surface area contributed by atoms with Crippen molar-refractivity contribution >= 4 is 11.7 Å². The van der Waals surface area contributed by atoms with E-state index in [1.54, 1.807) is 16.6 Å². The van der Waals surface area contributed by atoms with E-state index in [0.29, 0.717) is 11.6 Å². The van der Waals surface area contributed by atoms with E-state index >= 15 is 0 Å². The van der Waals surface area contributed by atoms with Gasteiger partial charge in [-0.1, -0.05) is 0 Å². The van der Waals surface area contributed by atoms with Crippen molar-refractivity contribution in [3.05, 3.63) is 35.3 Å². The molecule has 0 aromatic carbocycles. The van der Waals surface area contributed by atoms with Crippen LogP contribution in [0.1, 0.15) is 40.6 Å². The fourth-order valence-electron chi connectivity index (χ4n) is 3.15. The average Bonchev–Trinajstić information content (AvgIpc) is 3.30. The summed E-state index contributed by atoms with van der Waals surface area (Å²) in [6.07, 6.45) is 2.47. The predicted octanol–water partition coefficient (Wildman–Crippen LogP) is 1.36. The van der Waals surface area contributed by atoms with Crippen molar-refractivity contribution < 1.29 is 4.79 Å². The van der Waals surface area contributed by atoms with Gasteiger partial charge in [-0.15, -0.1) is 5.10 Å². The molecule has 2 aliphatic rings. The third kappa shape index (κ3) is 2.64. The molecule has 0 radical (unpaired) electrons. The molecule has 0 N–H and O–H groups in total. The van der Waals surface area contributed by atoms with Crippen LogP contribution in [0.15, 0.2) is 18.2 Å². The lowest BCUT2D eigenvalue weighted by Gasteiger charge is -2.44. The van der Waals surface area contributed by atoms with E-state index < -0.39 is 0 Å². The molecular weight excluding hydrogens is 304 g/mol. The van der Waals surface area contributed by atoms with Gasteiger partial charge in [-0.05, 0) is 38.0 Å².